The van der Waals surface area contributed by atoms with Crippen molar-refractivity contribution in [3.8, 4) is 0 Å². The zero-order valence-electron chi connectivity index (χ0n) is 11.9. The lowest BCUT2D eigenvalue weighted by molar-refractivity contribution is -0.0544. The second kappa shape index (κ2) is 7.04. The number of amides is 2. The van der Waals surface area contributed by atoms with Gasteiger partial charge < -0.3 is 20.3 Å². The summed E-state index contributed by atoms with van der Waals surface area (Å²) in [6.07, 6.45) is 3.51. The van der Waals surface area contributed by atoms with E-state index in [9.17, 15) is 4.79 Å². The number of anilines is 1. The molecule has 1 aliphatic heterocycles. The smallest absolute Gasteiger partial charge is 0.317 e. The second-order valence-corrected chi connectivity index (χ2v) is 4.89. The summed E-state index contributed by atoms with van der Waals surface area (Å²) in [4.78, 5) is 21.9. The monoisotopic (exact) mass is 279 g/mol. The fraction of sp³-hybridized carbons (Fsp3) is 0.615. The lowest BCUT2D eigenvalue weighted by Crippen LogP contribution is -2.52. The lowest BCUT2D eigenvalue weighted by atomic mass is 10.2. The molecule has 2 amide bonds. The number of carbonyl (C=O) groups excluding carboxylic acids is 1. The molecule has 0 bridgehead atoms. The number of aromatic nitrogens is 2. The van der Waals surface area contributed by atoms with Crippen LogP contribution in [0.15, 0.2) is 18.5 Å². The molecule has 1 aromatic rings. The third-order valence-electron chi connectivity index (χ3n) is 2.96. The molecule has 0 saturated carbocycles. The molecular weight excluding hydrogens is 258 g/mol. The highest BCUT2D eigenvalue weighted by molar-refractivity contribution is 5.74. The molecule has 2 heterocycles. The van der Waals surface area contributed by atoms with Gasteiger partial charge in [0, 0.05) is 38.6 Å². The average molecular weight is 279 g/mol. The van der Waals surface area contributed by atoms with Gasteiger partial charge in [-0.05, 0) is 19.9 Å². The molecule has 2 rings (SSSR count). The molecule has 2 atom stereocenters. The third kappa shape index (κ3) is 4.34. The maximum Gasteiger partial charge on any atom is 0.317 e. The van der Waals surface area contributed by atoms with Crippen molar-refractivity contribution in [2.24, 2.45) is 0 Å². The van der Waals surface area contributed by atoms with Crippen LogP contribution >= 0.6 is 0 Å². The van der Waals surface area contributed by atoms with Gasteiger partial charge in [-0.3, -0.25) is 0 Å². The number of carbonyl (C=O) groups is 1. The maximum absolute atomic E-state index is 12.0. The standard InChI is InChI=1S/C13H21N5O2/c1-10-8-18(9-11(2)20-10)13(19)17-7-6-16-12-14-4-3-5-15-12/h3-5,10-11H,6-9H2,1-2H3,(H,17,19)(H,14,15,16)/t10-,11-/m1/s1. The molecule has 1 aliphatic rings. The van der Waals surface area contributed by atoms with E-state index in [4.69, 9.17) is 4.74 Å². The second-order valence-electron chi connectivity index (χ2n) is 4.89. The summed E-state index contributed by atoms with van der Waals surface area (Å²) in [5.74, 6) is 0.565. The molecule has 2 N–H and O–H groups in total. The summed E-state index contributed by atoms with van der Waals surface area (Å²) in [6, 6.07) is 1.70. The largest absolute Gasteiger partial charge is 0.372 e. The fourth-order valence-electron chi connectivity index (χ4n) is 2.19. The minimum Gasteiger partial charge on any atom is -0.372 e. The SMILES string of the molecule is C[C@@H]1CN(C(=O)NCCNc2ncccn2)C[C@@H](C)O1. The molecular formula is C13H21N5O2. The maximum atomic E-state index is 12.0. The van der Waals surface area contributed by atoms with Crippen LogP contribution in [0.3, 0.4) is 0 Å². The van der Waals surface area contributed by atoms with E-state index >= 15 is 0 Å². The van der Waals surface area contributed by atoms with Gasteiger partial charge in [-0.2, -0.15) is 0 Å². The minimum atomic E-state index is -0.0530. The van der Waals surface area contributed by atoms with Crippen LogP contribution in [0.4, 0.5) is 10.7 Å². The van der Waals surface area contributed by atoms with Crippen molar-refractivity contribution in [2.75, 3.05) is 31.5 Å². The topological polar surface area (TPSA) is 79.4 Å². The van der Waals surface area contributed by atoms with Crippen molar-refractivity contribution in [1.29, 1.82) is 0 Å². The number of hydrogen-bond donors (Lipinski definition) is 2. The van der Waals surface area contributed by atoms with Crippen LogP contribution in [0.1, 0.15) is 13.8 Å². The summed E-state index contributed by atoms with van der Waals surface area (Å²) in [5, 5.41) is 5.92. The average Bonchev–Trinajstić information content (AvgIpc) is 2.43. The first-order valence-electron chi connectivity index (χ1n) is 6.84. The molecule has 1 aromatic heterocycles. The zero-order valence-corrected chi connectivity index (χ0v) is 11.9. The number of ether oxygens (including phenoxy) is 1. The molecule has 1 fully saturated rings. The van der Waals surface area contributed by atoms with Crippen LogP contribution in [-0.2, 0) is 4.74 Å². The Balaban J connectivity index is 1.67. The van der Waals surface area contributed by atoms with E-state index in [1.165, 1.54) is 0 Å². The molecule has 1 saturated heterocycles. The van der Waals surface area contributed by atoms with E-state index in [0.717, 1.165) is 0 Å². The molecule has 0 spiro atoms. The van der Waals surface area contributed by atoms with Crippen molar-refractivity contribution >= 4 is 12.0 Å². The van der Waals surface area contributed by atoms with E-state index in [-0.39, 0.29) is 18.2 Å². The molecule has 7 nitrogen and oxygen atoms in total. The highest BCUT2D eigenvalue weighted by Gasteiger charge is 2.25. The molecule has 20 heavy (non-hydrogen) atoms. The molecule has 110 valence electrons. The Morgan fingerprint density at radius 2 is 1.95 bits per heavy atom. The summed E-state index contributed by atoms with van der Waals surface area (Å²) in [6.45, 7) is 6.33. The van der Waals surface area contributed by atoms with Gasteiger partial charge >= 0.3 is 6.03 Å². The van der Waals surface area contributed by atoms with Gasteiger partial charge in [-0.25, -0.2) is 14.8 Å². The molecule has 0 aromatic carbocycles. The number of morpholine rings is 1. The van der Waals surface area contributed by atoms with Gasteiger partial charge in [0.15, 0.2) is 0 Å². The third-order valence-corrected chi connectivity index (χ3v) is 2.96. The number of rotatable bonds is 4. The van der Waals surface area contributed by atoms with Gasteiger partial charge in [-0.1, -0.05) is 0 Å². The van der Waals surface area contributed by atoms with E-state index in [1.807, 2.05) is 13.8 Å². The summed E-state index contributed by atoms with van der Waals surface area (Å²) >= 11 is 0. The highest BCUT2D eigenvalue weighted by Crippen LogP contribution is 2.10. The van der Waals surface area contributed by atoms with Crippen molar-refractivity contribution in [3.05, 3.63) is 18.5 Å². The van der Waals surface area contributed by atoms with Gasteiger partial charge in [0.25, 0.3) is 0 Å². The van der Waals surface area contributed by atoms with Crippen molar-refractivity contribution in [2.45, 2.75) is 26.1 Å². The molecule has 0 aliphatic carbocycles. The van der Waals surface area contributed by atoms with Crippen LogP contribution in [0, 0.1) is 0 Å². The number of nitrogens with zero attached hydrogens (tertiary/aromatic N) is 3. The Kier molecular flexibility index (Phi) is 5.11. The molecule has 0 unspecified atom stereocenters. The summed E-state index contributed by atoms with van der Waals surface area (Å²) in [5.41, 5.74) is 0. The minimum absolute atomic E-state index is 0.0530. The van der Waals surface area contributed by atoms with Gasteiger partial charge in [0.05, 0.1) is 12.2 Å². The zero-order chi connectivity index (χ0) is 14.4. The van der Waals surface area contributed by atoms with Crippen molar-refractivity contribution < 1.29 is 9.53 Å². The Morgan fingerprint density at radius 3 is 2.60 bits per heavy atom. The Morgan fingerprint density at radius 1 is 1.30 bits per heavy atom. The van der Waals surface area contributed by atoms with Crippen molar-refractivity contribution in [3.63, 3.8) is 0 Å². The Hall–Kier alpha value is -1.89. The van der Waals surface area contributed by atoms with Crippen LogP contribution in [0.2, 0.25) is 0 Å². The first kappa shape index (κ1) is 14.5. The lowest BCUT2D eigenvalue weighted by Gasteiger charge is -2.35. The first-order chi connectivity index (χ1) is 9.65. The predicted molar refractivity (Wildman–Crippen MR) is 75.5 cm³/mol. The predicted octanol–water partition coefficient (Wildman–Crippen LogP) is 0.707. The summed E-state index contributed by atoms with van der Waals surface area (Å²) in [7, 11) is 0. The van der Waals surface area contributed by atoms with E-state index in [0.29, 0.717) is 32.1 Å². The number of hydrogen-bond acceptors (Lipinski definition) is 5. The number of urea groups is 1. The van der Waals surface area contributed by atoms with Crippen LogP contribution in [-0.4, -0.2) is 59.3 Å². The van der Waals surface area contributed by atoms with Gasteiger partial charge in [0.2, 0.25) is 5.95 Å². The Bertz CT molecular complexity index is 418. The Labute approximate surface area is 118 Å². The van der Waals surface area contributed by atoms with Gasteiger partial charge in [0.1, 0.15) is 0 Å². The van der Waals surface area contributed by atoms with E-state index in [1.54, 1.807) is 23.4 Å². The molecule has 0 radical (unpaired) electrons. The highest BCUT2D eigenvalue weighted by atomic mass is 16.5. The normalized spacial score (nSPS) is 22.4. The quantitative estimate of drug-likeness (QED) is 0.793. The van der Waals surface area contributed by atoms with E-state index in [2.05, 4.69) is 20.6 Å². The van der Waals surface area contributed by atoms with Crippen LogP contribution in [0.5, 0.6) is 0 Å². The van der Waals surface area contributed by atoms with Crippen LogP contribution < -0.4 is 10.6 Å². The van der Waals surface area contributed by atoms with E-state index < -0.39 is 0 Å². The van der Waals surface area contributed by atoms with Crippen LogP contribution in [0.25, 0.3) is 0 Å². The first-order valence-corrected chi connectivity index (χ1v) is 6.84. The summed E-state index contributed by atoms with van der Waals surface area (Å²) < 4.78 is 5.60. The van der Waals surface area contributed by atoms with Crippen molar-refractivity contribution in [1.82, 2.24) is 20.2 Å². The fourth-order valence-corrected chi connectivity index (χ4v) is 2.19. The number of nitrogens with one attached hydrogen (secondary N) is 2. The molecule has 7 heteroatoms. The van der Waals surface area contributed by atoms with Gasteiger partial charge in [-0.15, -0.1) is 0 Å².